The second-order valence-electron chi connectivity index (χ2n) is 10.2. The second kappa shape index (κ2) is 11.0. The van der Waals surface area contributed by atoms with E-state index in [1.807, 2.05) is 83.8 Å². The van der Waals surface area contributed by atoms with Crippen molar-refractivity contribution in [3.05, 3.63) is 132 Å². The minimum atomic E-state index is -1.61. The van der Waals surface area contributed by atoms with Crippen LogP contribution in [0.1, 0.15) is 28.4 Å². The highest BCUT2D eigenvalue weighted by atomic mass is 16.8. The molecule has 1 aromatic heterocycles. The van der Waals surface area contributed by atoms with Crippen molar-refractivity contribution in [2.75, 3.05) is 19.6 Å². The Hall–Kier alpha value is -4.46. The number of aromatic amines is 1. The highest BCUT2D eigenvalue weighted by Gasteiger charge is 2.52. The first-order valence-corrected chi connectivity index (χ1v) is 13.5. The van der Waals surface area contributed by atoms with Gasteiger partial charge >= 0.3 is 17.8 Å². The van der Waals surface area contributed by atoms with Gasteiger partial charge in [-0.05, 0) is 35.2 Å². The number of carbonyl (C=O) groups excluding carboxylic acids is 2. The van der Waals surface area contributed by atoms with E-state index in [0.29, 0.717) is 19.6 Å². The number of hydrogen-bond acceptors (Lipinski definition) is 6. The summed E-state index contributed by atoms with van der Waals surface area (Å²) in [6.45, 7) is 4.06. The van der Waals surface area contributed by atoms with Gasteiger partial charge in [0.25, 0.3) is 0 Å². The van der Waals surface area contributed by atoms with E-state index in [4.69, 9.17) is 9.47 Å². The number of ether oxygens (including phenoxy) is 2. The molecule has 4 aromatic rings. The first-order valence-electron chi connectivity index (χ1n) is 13.5. The standard InChI is InChI=1S/C33H31N3O4/c1-24-28(21-29(34-24)25-11-5-2-6-12-25)22-35-19-20-36(33(23-35)39-30(37)17-18-31(38)40-33)32(26-13-7-3-8-14-26)27-15-9-4-10-16-27/h2-18,21,32,34H,19-20,22-23H2,1H3. The van der Waals surface area contributed by atoms with E-state index in [-0.39, 0.29) is 12.6 Å². The first kappa shape index (κ1) is 25.8. The summed E-state index contributed by atoms with van der Waals surface area (Å²) >= 11 is 0. The lowest BCUT2D eigenvalue weighted by atomic mass is 9.95. The quantitative estimate of drug-likeness (QED) is 0.343. The summed E-state index contributed by atoms with van der Waals surface area (Å²) in [6.07, 6.45) is 2.27. The number of carbonyl (C=O) groups is 2. The Bertz CT molecular complexity index is 1460. The molecule has 7 heteroatoms. The molecular formula is C33H31N3O4. The molecule has 0 saturated carbocycles. The van der Waals surface area contributed by atoms with Crippen molar-refractivity contribution in [1.29, 1.82) is 0 Å². The summed E-state index contributed by atoms with van der Waals surface area (Å²) in [4.78, 5) is 33.4. The number of hydrogen-bond donors (Lipinski definition) is 1. The van der Waals surface area contributed by atoms with Crippen LogP contribution in [0.15, 0.2) is 109 Å². The molecule has 0 unspecified atom stereocenters. The average Bonchev–Trinajstić information content (AvgIpc) is 3.27. The van der Waals surface area contributed by atoms with Gasteiger partial charge in [-0.3, -0.25) is 4.90 Å². The molecule has 7 nitrogen and oxygen atoms in total. The summed E-state index contributed by atoms with van der Waals surface area (Å²) in [7, 11) is 0. The minimum Gasteiger partial charge on any atom is -0.404 e. The Morgan fingerprint density at radius 2 is 1.35 bits per heavy atom. The van der Waals surface area contributed by atoms with Gasteiger partial charge < -0.3 is 14.5 Å². The molecule has 0 amide bonds. The fourth-order valence-electron chi connectivity index (χ4n) is 5.66. The molecule has 0 bridgehead atoms. The van der Waals surface area contributed by atoms with Gasteiger partial charge in [0.2, 0.25) is 0 Å². The fourth-order valence-corrected chi connectivity index (χ4v) is 5.66. The average molecular weight is 534 g/mol. The van der Waals surface area contributed by atoms with E-state index in [1.54, 1.807) is 0 Å². The second-order valence-corrected chi connectivity index (χ2v) is 10.2. The van der Waals surface area contributed by atoms with Gasteiger partial charge in [-0.15, -0.1) is 0 Å². The zero-order valence-electron chi connectivity index (χ0n) is 22.3. The van der Waals surface area contributed by atoms with Gasteiger partial charge in [0, 0.05) is 43.2 Å². The van der Waals surface area contributed by atoms with Gasteiger partial charge in [-0.2, -0.15) is 0 Å². The van der Waals surface area contributed by atoms with Gasteiger partial charge in [-0.25, -0.2) is 14.5 Å². The van der Waals surface area contributed by atoms with Gasteiger partial charge in [0.05, 0.1) is 12.6 Å². The largest absolute Gasteiger partial charge is 0.404 e. The van der Waals surface area contributed by atoms with E-state index < -0.39 is 17.8 Å². The lowest BCUT2D eigenvalue weighted by molar-refractivity contribution is -0.307. The summed E-state index contributed by atoms with van der Waals surface area (Å²) in [6, 6.07) is 32.1. The molecule has 1 saturated heterocycles. The van der Waals surface area contributed by atoms with E-state index in [2.05, 4.69) is 35.0 Å². The number of nitrogens with zero attached hydrogens (tertiary/aromatic N) is 2. The summed E-state index contributed by atoms with van der Waals surface area (Å²) in [5.41, 5.74) is 6.39. The molecule has 1 spiro atoms. The molecule has 0 radical (unpaired) electrons. The minimum absolute atomic E-state index is 0.202. The Morgan fingerprint density at radius 3 is 1.93 bits per heavy atom. The van der Waals surface area contributed by atoms with E-state index in [0.717, 1.165) is 45.8 Å². The zero-order valence-corrected chi connectivity index (χ0v) is 22.3. The van der Waals surface area contributed by atoms with Gasteiger partial charge in [0.1, 0.15) is 0 Å². The number of rotatable bonds is 6. The zero-order chi connectivity index (χ0) is 27.5. The van der Waals surface area contributed by atoms with Crippen LogP contribution in [0.5, 0.6) is 0 Å². The molecule has 6 rings (SSSR count). The Balaban J connectivity index is 1.36. The van der Waals surface area contributed by atoms with Crippen LogP contribution >= 0.6 is 0 Å². The molecule has 0 aliphatic carbocycles. The third kappa shape index (κ3) is 5.21. The normalized spacial score (nSPS) is 17.6. The third-order valence-corrected chi connectivity index (χ3v) is 7.54. The van der Waals surface area contributed by atoms with Crippen molar-refractivity contribution in [3.8, 4) is 11.3 Å². The molecule has 40 heavy (non-hydrogen) atoms. The predicted molar refractivity (Wildman–Crippen MR) is 152 cm³/mol. The molecule has 3 aromatic carbocycles. The monoisotopic (exact) mass is 533 g/mol. The molecule has 1 N–H and O–H groups in total. The van der Waals surface area contributed by atoms with Crippen LogP contribution in [-0.2, 0) is 25.6 Å². The molecule has 2 aliphatic rings. The third-order valence-electron chi connectivity index (χ3n) is 7.54. The Morgan fingerprint density at radius 1 is 0.800 bits per heavy atom. The Kier molecular flexibility index (Phi) is 7.07. The molecule has 1 fully saturated rings. The van der Waals surface area contributed by atoms with Crippen LogP contribution in [0.2, 0.25) is 0 Å². The molecule has 3 heterocycles. The lowest BCUT2D eigenvalue weighted by Crippen LogP contribution is -2.66. The highest BCUT2D eigenvalue weighted by Crippen LogP contribution is 2.39. The van der Waals surface area contributed by atoms with Crippen molar-refractivity contribution in [3.63, 3.8) is 0 Å². The number of piperazine rings is 1. The fraction of sp³-hybridized carbons (Fsp3) is 0.212. The van der Waals surface area contributed by atoms with Crippen molar-refractivity contribution >= 4 is 11.9 Å². The predicted octanol–water partition coefficient (Wildman–Crippen LogP) is 5.21. The number of nitrogens with one attached hydrogen (secondary N) is 1. The number of aryl methyl sites for hydroxylation is 1. The van der Waals surface area contributed by atoms with Crippen LogP contribution in [0.4, 0.5) is 0 Å². The van der Waals surface area contributed by atoms with Crippen molar-refractivity contribution < 1.29 is 19.1 Å². The van der Waals surface area contributed by atoms with Crippen molar-refractivity contribution in [2.45, 2.75) is 25.4 Å². The SMILES string of the molecule is Cc1[nH]c(-c2ccccc2)cc1CN1CCN(C(c2ccccc2)c2ccccc2)C2(C1)OC(=O)C=CC(=O)O2. The number of aromatic nitrogens is 1. The number of esters is 2. The first-order chi connectivity index (χ1) is 19.5. The highest BCUT2D eigenvalue weighted by molar-refractivity contribution is 5.93. The van der Waals surface area contributed by atoms with Crippen LogP contribution in [0.3, 0.4) is 0 Å². The maximum atomic E-state index is 12.8. The van der Waals surface area contributed by atoms with E-state index >= 15 is 0 Å². The molecule has 2 aliphatic heterocycles. The number of H-pyrrole nitrogens is 1. The van der Waals surface area contributed by atoms with Gasteiger partial charge in [0.15, 0.2) is 0 Å². The van der Waals surface area contributed by atoms with E-state index in [1.165, 1.54) is 0 Å². The van der Waals surface area contributed by atoms with Crippen LogP contribution < -0.4 is 0 Å². The maximum absolute atomic E-state index is 12.8. The summed E-state index contributed by atoms with van der Waals surface area (Å²) in [5.74, 6) is -2.83. The van der Waals surface area contributed by atoms with Crippen LogP contribution in [-0.4, -0.2) is 52.3 Å². The maximum Gasteiger partial charge on any atom is 0.335 e. The topological polar surface area (TPSA) is 74.9 Å². The molecule has 0 atom stereocenters. The number of benzene rings is 3. The molecular weight excluding hydrogens is 502 g/mol. The lowest BCUT2D eigenvalue weighted by Gasteiger charge is -2.50. The summed E-state index contributed by atoms with van der Waals surface area (Å²) < 4.78 is 12.1. The van der Waals surface area contributed by atoms with Crippen LogP contribution in [0, 0.1) is 6.92 Å². The van der Waals surface area contributed by atoms with E-state index in [9.17, 15) is 9.59 Å². The Labute approximate surface area is 233 Å². The molecule has 202 valence electrons. The van der Waals surface area contributed by atoms with Gasteiger partial charge in [-0.1, -0.05) is 91.0 Å². The van der Waals surface area contributed by atoms with Crippen molar-refractivity contribution in [1.82, 2.24) is 14.8 Å². The smallest absolute Gasteiger partial charge is 0.335 e. The van der Waals surface area contributed by atoms with Crippen molar-refractivity contribution in [2.24, 2.45) is 0 Å². The summed E-state index contributed by atoms with van der Waals surface area (Å²) in [5, 5.41) is 0. The van der Waals surface area contributed by atoms with Crippen LogP contribution in [0.25, 0.3) is 11.3 Å².